The standard InChI is InChI=1S/C17H15FO3/c1-12-5-7-13(8-6-12)11-21-17-14(9-10-16(19)20)3-2-4-15(17)18/h2-10H,11H2,1H3,(H,19,20)/b10-9+. The molecule has 0 aromatic heterocycles. The zero-order chi connectivity index (χ0) is 15.2. The molecule has 0 spiro atoms. The first-order chi connectivity index (χ1) is 10.1. The number of benzene rings is 2. The van der Waals surface area contributed by atoms with Crippen molar-refractivity contribution in [3.8, 4) is 5.75 Å². The molecule has 0 aliphatic heterocycles. The minimum Gasteiger partial charge on any atom is -0.485 e. The van der Waals surface area contributed by atoms with Gasteiger partial charge in [-0.2, -0.15) is 0 Å². The van der Waals surface area contributed by atoms with Crippen molar-refractivity contribution >= 4 is 12.0 Å². The fourth-order valence-corrected chi connectivity index (χ4v) is 1.81. The lowest BCUT2D eigenvalue weighted by atomic mass is 10.1. The molecular weight excluding hydrogens is 271 g/mol. The second-order valence-corrected chi connectivity index (χ2v) is 4.60. The Morgan fingerprint density at radius 2 is 1.95 bits per heavy atom. The van der Waals surface area contributed by atoms with Gasteiger partial charge in [-0.1, -0.05) is 42.0 Å². The first kappa shape index (κ1) is 14.8. The Morgan fingerprint density at radius 3 is 2.62 bits per heavy atom. The highest BCUT2D eigenvalue weighted by Crippen LogP contribution is 2.25. The summed E-state index contributed by atoms with van der Waals surface area (Å²) in [6.07, 6.45) is 2.27. The van der Waals surface area contributed by atoms with Gasteiger partial charge in [-0.15, -0.1) is 0 Å². The van der Waals surface area contributed by atoms with Crippen LogP contribution < -0.4 is 4.74 Å². The van der Waals surface area contributed by atoms with Crippen LogP contribution in [0.3, 0.4) is 0 Å². The van der Waals surface area contributed by atoms with E-state index in [9.17, 15) is 9.18 Å². The number of aliphatic carboxylic acids is 1. The molecule has 0 saturated heterocycles. The third-order valence-electron chi connectivity index (χ3n) is 2.91. The van der Waals surface area contributed by atoms with Crippen molar-refractivity contribution in [1.29, 1.82) is 0 Å². The number of ether oxygens (including phenoxy) is 1. The van der Waals surface area contributed by atoms with Gasteiger partial charge in [0.05, 0.1) is 0 Å². The van der Waals surface area contributed by atoms with Crippen LogP contribution >= 0.6 is 0 Å². The van der Waals surface area contributed by atoms with Gasteiger partial charge in [0.2, 0.25) is 0 Å². The van der Waals surface area contributed by atoms with Gasteiger partial charge >= 0.3 is 5.97 Å². The highest BCUT2D eigenvalue weighted by atomic mass is 19.1. The van der Waals surface area contributed by atoms with Crippen LogP contribution in [0.2, 0.25) is 0 Å². The second kappa shape index (κ2) is 6.70. The number of rotatable bonds is 5. The van der Waals surface area contributed by atoms with E-state index in [0.717, 1.165) is 17.2 Å². The molecule has 0 saturated carbocycles. The summed E-state index contributed by atoms with van der Waals surface area (Å²) in [6, 6.07) is 12.1. The van der Waals surface area contributed by atoms with Gasteiger partial charge in [0, 0.05) is 11.6 Å². The van der Waals surface area contributed by atoms with Crippen LogP contribution in [0.5, 0.6) is 5.75 Å². The third kappa shape index (κ3) is 4.18. The highest BCUT2D eigenvalue weighted by molar-refractivity contribution is 5.85. The lowest BCUT2D eigenvalue weighted by molar-refractivity contribution is -0.131. The third-order valence-corrected chi connectivity index (χ3v) is 2.91. The van der Waals surface area contributed by atoms with Crippen molar-refractivity contribution in [3.05, 3.63) is 71.0 Å². The maximum absolute atomic E-state index is 13.8. The molecule has 0 radical (unpaired) electrons. The maximum atomic E-state index is 13.8. The summed E-state index contributed by atoms with van der Waals surface area (Å²) in [4.78, 5) is 10.6. The molecule has 21 heavy (non-hydrogen) atoms. The molecule has 1 N–H and O–H groups in total. The second-order valence-electron chi connectivity index (χ2n) is 4.60. The zero-order valence-corrected chi connectivity index (χ0v) is 11.5. The van der Waals surface area contributed by atoms with Crippen LogP contribution in [0.4, 0.5) is 4.39 Å². The van der Waals surface area contributed by atoms with Crippen molar-refractivity contribution in [3.63, 3.8) is 0 Å². The number of para-hydroxylation sites is 1. The molecule has 4 heteroatoms. The van der Waals surface area contributed by atoms with Gasteiger partial charge in [-0.3, -0.25) is 0 Å². The Kier molecular flexibility index (Phi) is 4.72. The Morgan fingerprint density at radius 1 is 1.24 bits per heavy atom. The van der Waals surface area contributed by atoms with Crippen LogP contribution in [0.1, 0.15) is 16.7 Å². The summed E-state index contributed by atoms with van der Waals surface area (Å²) < 4.78 is 19.3. The van der Waals surface area contributed by atoms with Gasteiger partial charge in [0.15, 0.2) is 11.6 Å². The monoisotopic (exact) mass is 286 g/mol. The van der Waals surface area contributed by atoms with E-state index in [1.807, 2.05) is 31.2 Å². The average molecular weight is 286 g/mol. The number of hydrogen-bond acceptors (Lipinski definition) is 2. The molecule has 108 valence electrons. The molecule has 0 aliphatic carbocycles. The Labute approximate surface area is 122 Å². The molecule has 0 amide bonds. The summed E-state index contributed by atoms with van der Waals surface area (Å²) >= 11 is 0. The first-order valence-electron chi connectivity index (χ1n) is 6.44. The van der Waals surface area contributed by atoms with E-state index >= 15 is 0 Å². The lowest BCUT2D eigenvalue weighted by Crippen LogP contribution is -1.99. The number of carboxylic acid groups (broad SMARTS) is 1. The molecule has 0 unspecified atom stereocenters. The van der Waals surface area contributed by atoms with Gasteiger partial charge in [-0.25, -0.2) is 9.18 Å². The first-order valence-corrected chi connectivity index (χ1v) is 6.44. The van der Waals surface area contributed by atoms with Crippen LogP contribution in [-0.4, -0.2) is 11.1 Å². The smallest absolute Gasteiger partial charge is 0.328 e. The summed E-state index contributed by atoms with van der Waals surface area (Å²) in [5.74, 6) is -1.56. The summed E-state index contributed by atoms with van der Waals surface area (Å²) in [5.41, 5.74) is 2.44. The number of halogens is 1. The van der Waals surface area contributed by atoms with E-state index in [0.29, 0.717) is 5.56 Å². The molecule has 2 aromatic carbocycles. The van der Waals surface area contributed by atoms with Crippen molar-refractivity contribution in [2.24, 2.45) is 0 Å². The number of aryl methyl sites for hydroxylation is 1. The SMILES string of the molecule is Cc1ccc(COc2c(F)cccc2/C=C/C(=O)O)cc1. The summed E-state index contributed by atoms with van der Waals surface area (Å²) in [6.45, 7) is 2.20. The van der Waals surface area contributed by atoms with Gasteiger partial charge < -0.3 is 9.84 Å². The van der Waals surface area contributed by atoms with Gasteiger partial charge in [0.1, 0.15) is 6.61 Å². The quantitative estimate of drug-likeness (QED) is 0.850. The molecule has 2 rings (SSSR count). The highest BCUT2D eigenvalue weighted by Gasteiger charge is 2.08. The van der Waals surface area contributed by atoms with E-state index in [1.54, 1.807) is 6.07 Å². The van der Waals surface area contributed by atoms with E-state index in [1.165, 1.54) is 18.2 Å². The average Bonchev–Trinajstić information content (AvgIpc) is 2.46. The van der Waals surface area contributed by atoms with E-state index in [4.69, 9.17) is 9.84 Å². The fraction of sp³-hybridized carbons (Fsp3) is 0.118. The molecule has 2 aromatic rings. The largest absolute Gasteiger partial charge is 0.485 e. The van der Waals surface area contributed by atoms with Crippen molar-refractivity contribution in [2.45, 2.75) is 13.5 Å². The lowest BCUT2D eigenvalue weighted by Gasteiger charge is -2.10. The Hall–Kier alpha value is -2.62. The minimum atomic E-state index is -1.09. The Balaban J connectivity index is 2.18. The van der Waals surface area contributed by atoms with E-state index < -0.39 is 11.8 Å². The predicted octanol–water partition coefficient (Wildman–Crippen LogP) is 3.81. The molecule has 0 heterocycles. The van der Waals surface area contributed by atoms with Gasteiger partial charge in [0.25, 0.3) is 0 Å². The van der Waals surface area contributed by atoms with Crippen molar-refractivity contribution < 1.29 is 19.0 Å². The number of carboxylic acids is 1. The molecule has 3 nitrogen and oxygen atoms in total. The molecule has 0 bridgehead atoms. The van der Waals surface area contributed by atoms with Gasteiger partial charge in [-0.05, 0) is 24.6 Å². The maximum Gasteiger partial charge on any atom is 0.328 e. The van der Waals surface area contributed by atoms with E-state index in [2.05, 4.69) is 0 Å². The van der Waals surface area contributed by atoms with Crippen LogP contribution in [0.15, 0.2) is 48.5 Å². The topological polar surface area (TPSA) is 46.5 Å². The molecular formula is C17H15FO3. The minimum absolute atomic E-state index is 0.0515. The number of hydrogen-bond donors (Lipinski definition) is 1. The van der Waals surface area contributed by atoms with Crippen molar-refractivity contribution in [2.75, 3.05) is 0 Å². The normalized spacial score (nSPS) is 10.8. The molecule has 0 fully saturated rings. The van der Waals surface area contributed by atoms with Crippen LogP contribution in [0.25, 0.3) is 6.08 Å². The number of carbonyl (C=O) groups is 1. The van der Waals surface area contributed by atoms with Crippen LogP contribution in [0, 0.1) is 12.7 Å². The summed E-state index contributed by atoms with van der Waals surface area (Å²) in [7, 11) is 0. The summed E-state index contributed by atoms with van der Waals surface area (Å²) in [5, 5.41) is 8.65. The Bertz CT molecular complexity index is 660. The molecule has 0 aliphatic rings. The zero-order valence-electron chi connectivity index (χ0n) is 11.5. The van der Waals surface area contributed by atoms with E-state index in [-0.39, 0.29) is 12.4 Å². The fourth-order valence-electron chi connectivity index (χ4n) is 1.81. The van der Waals surface area contributed by atoms with Crippen LogP contribution in [-0.2, 0) is 11.4 Å². The predicted molar refractivity (Wildman–Crippen MR) is 78.6 cm³/mol. The van der Waals surface area contributed by atoms with Crippen molar-refractivity contribution in [1.82, 2.24) is 0 Å². The molecule has 0 atom stereocenters.